The third-order valence-electron chi connectivity index (χ3n) is 5.25. The molecule has 1 aliphatic heterocycles. The van der Waals surface area contributed by atoms with E-state index in [4.69, 9.17) is 14.5 Å². The number of amides is 1. The maximum absolute atomic E-state index is 13.2. The number of hydrogen-bond acceptors (Lipinski definition) is 8. The molecule has 1 unspecified atom stereocenters. The molecule has 1 amide bonds. The fraction of sp³-hybridized carbons (Fsp3) is 0.348. The zero-order valence-corrected chi connectivity index (χ0v) is 18.4. The summed E-state index contributed by atoms with van der Waals surface area (Å²) in [5, 5.41) is 0. The van der Waals surface area contributed by atoms with Crippen molar-refractivity contribution in [3.05, 3.63) is 66.0 Å². The fourth-order valence-corrected chi connectivity index (χ4v) is 3.60. The van der Waals surface area contributed by atoms with Crippen LogP contribution in [-0.2, 0) is 16.1 Å². The molecule has 0 aliphatic carbocycles. The van der Waals surface area contributed by atoms with E-state index in [1.54, 1.807) is 25.7 Å². The van der Waals surface area contributed by atoms with Crippen LogP contribution in [-0.4, -0.2) is 71.6 Å². The molecule has 166 valence electrons. The molecule has 1 fully saturated rings. The predicted molar refractivity (Wildman–Crippen MR) is 119 cm³/mol. The molecular weight excluding hydrogens is 408 g/mol. The van der Waals surface area contributed by atoms with E-state index in [1.807, 2.05) is 48.2 Å². The number of methoxy groups -OCH3 is 1. The van der Waals surface area contributed by atoms with Gasteiger partial charge in [0.25, 0.3) is 5.91 Å². The predicted octanol–water partition coefficient (Wildman–Crippen LogP) is 2.36. The van der Waals surface area contributed by atoms with Crippen molar-refractivity contribution < 1.29 is 14.3 Å². The molecule has 2 aromatic heterocycles. The van der Waals surface area contributed by atoms with Gasteiger partial charge in [-0.05, 0) is 17.7 Å². The average Bonchev–Trinajstić information content (AvgIpc) is 2.84. The topological polar surface area (TPSA) is 93.6 Å². The number of hydrogen-bond donors (Lipinski definition) is 0. The highest BCUT2D eigenvalue weighted by molar-refractivity contribution is 5.94. The van der Waals surface area contributed by atoms with Gasteiger partial charge in [0.15, 0.2) is 0 Å². The Hall–Kier alpha value is -3.43. The number of rotatable bonds is 6. The lowest BCUT2D eigenvalue weighted by Crippen LogP contribution is -2.42. The molecule has 0 bridgehead atoms. The highest BCUT2D eigenvalue weighted by Gasteiger charge is 2.29. The second-order valence-corrected chi connectivity index (χ2v) is 7.73. The minimum atomic E-state index is -0.391. The van der Waals surface area contributed by atoms with Gasteiger partial charge in [0.05, 0.1) is 25.5 Å². The maximum Gasteiger partial charge on any atom is 0.254 e. The van der Waals surface area contributed by atoms with E-state index in [0.717, 1.165) is 16.7 Å². The summed E-state index contributed by atoms with van der Waals surface area (Å²) in [5.41, 5.74) is 3.97. The van der Waals surface area contributed by atoms with Gasteiger partial charge < -0.3 is 19.3 Å². The first kappa shape index (κ1) is 21.8. The highest BCUT2D eigenvalue weighted by atomic mass is 16.5. The maximum atomic E-state index is 13.2. The molecule has 1 atom stereocenters. The van der Waals surface area contributed by atoms with Gasteiger partial charge in [-0.15, -0.1) is 0 Å². The molecule has 0 radical (unpaired) electrons. The van der Waals surface area contributed by atoms with Crippen molar-refractivity contribution in [2.45, 2.75) is 12.7 Å². The Kier molecular flexibility index (Phi) is 6.67. The molecule has 3 heterocycles. The quantitative estimate of drug-likeness (QED) is 0.584. The fourth-order valence-electron chi connectivity index (χ4n) is 3.60. The van der Waals surface area contributed by atoms with E-state index < -0.39 is 6.10 Å². The molecule has 32 heavy (non-hydrogen) atoms. The van der Waals surface area contributed by atoms with Crippen LogP contribution in [0.15, 0.2) is 49.2 Å². The lowest BCUT2D eigenvalue weighted by molar-refractivity contribution is -0.0244. The third kappa shape index (κ3) is 4.74. The standard InChI is InChI=1S/C23H26N6O3/c1-28(2)23-26-12-19(18-10-24-15-25-11-18)21(27-23)20-13-29(8-9-32-20)22(30)17-6-4-16(5-7-17)14-31-3/h4-7,10-12,15,20H,8-9,13-14H2,1-3H3. The number of morpholine rings is 1. The first-order valence-electron chi connectivity index (χ1n) is 10.3. The summed E-state index contributed by atoms with van der Waals surface area (Å²) in [4.78, 5) is 34.2. The Labute approximate surface area is 187 Å². The number of anilines is 1. The van der Waals surface area contributed by atoms with Gasteiger partial charge in [-0.2, -0.15) is 0 Å². The second kappa shape index (κ2) is 9.80. The van der Waals surface area contributed by atoms with E-state index in [0.29, 0.717) is 43.5 Å². The zero-order valence-electron chi connectivity index (χ0n) is 18.4. The Morgan fingerprint density at radius 2 is 1.94 bits per heavy atom. The minimum Gasteiger partial charge on any atom is -0.380 e. The number of benzene rings is 1. The van der Waals surface area contributed by atoms with Crippen LogP contribution in [0, 0.1) is 0 Å². The molecule has 9 heteroatoms. The van der Waals surface area contributed by atoms with Crippen LogP contribution in [0.4, 0.5) is 5.95 Å². The molecule has 0 spiro atoms. The van der Waals surface area contributed by atoms with E-state index in [9.17, 15) is 4.79 Å². The van der Waals surface area contributed by atoms with Crippen LogP contribution in [0.3, 0.4) is 0 Å². The van der Waals surface area contributed by atoms with E-state index in [2.05, 4.69) is 15.0 Å². The lowest BCUT2D eigenvalue weighted by Gasteiger charge is -2.33. The SMILES string of the molecule is COCc1ccc(C(=O)N2CCOC(c3nc(N(C)C)ncc3-c3cncnc3)C2)cc1. The van der Waals surface area contributed by atoms with Crippen molar-refractivity contribution in [2.75, 3.05) is 45.8 Å². The van der Waals surface area contributed by atoms with Gasteiger partial charge in [-0.3, -0.25) is 4.79 Å². The summed E-state index contributed by atoms with van der Waals surface area (Å²) in [5.74, 6) is 0.537. The van der Waals surface area contributed by atoms with Gasteiger partial charge in [-0.25, -0.2) is 19.9 Å². The first-order chi connectivity index (χ1) is 15.6. The van der Waals surface area contributed by atoms with Crippen molar-refractivity contribution in [3.63, 3.8) is 0 Å². The van der Waals surface area contributed by atoms with E-state index in [1.165, 1.54) is 6.33 Å². The summed E-state index contributed by atoms with van der Waals surface area (Å²) >= 11 is 0. The Morgan fingerprint density at radius 3 is 2.62 bits per heavy atom. The molecular formula is C23H26N6O3. The molecule has 3 aromatic rings. The van der Waals surface area contributed by atoms with Crippen LogP contribution in [0.5, 0.6) is 0 Å². The van der Waals surface area contributed by atoms with Crippen LogP contribution >= 0.6 is 0 Å². The van der Waals surface area contributed by atoms with Crippen LogP contribution < -0.4 is 4.90 Å². The number of carbonyl (C=O) groups is 1. The average molecular weight is 435 g/mol. The summed E-state index contributed by atoms with van der Waals surface area (Å²) in [6.45, 7) is 1.85. The third-order valence-corrected chi connectivity index (χ3v) is 5.25. The van der Waals surface area contributed by atoms with Crippen LogP contribution in [0.2, 0.25) is 0 Å². The molecule has 1 aliphatic rings. The van der Waals surface area contributed by atoms with Crippen LogP contribution in [0.25, 0.3) is 11.1 Å². The first-order valence-corrected chi connectivity index (χ1v) is 10.3. The number of nitrogens with zero attached hydrogens (tertiary/aromatic N) is 6. The van der Waals surface area contributed by atoms with Crippen molar-refractivity contribution >= 4 is 11.9 Å². The molecule has 0 saturated carbocycles. The van der Waals surface area contributed by atoms with Crippen molar-refractivity contribution in [2.24, 2.45) is 0 Å². The monoisotopic (exact) mass is 434 g/mol. The van der Waals surface area contributed by atoms with Crippen molar-refractivity contribution in [1.82, 2.24) is 24.8 Å². The molecule has 0 N–H and O–H groups in total. The van der Waals surface area contributed by atoms with Crippen molar-refractivity contribution in [3.8, 4) is 11.1 Å². The highest BCUT2D eigenvalue weighted by Crippen LogP contribution is 2.31. The van der Waals surface area contributed by atoms with Gasteiger partial charge in [0, 0.05) is 63.0 Å². The Bertz CT molecular complexity index is 1060. The smallest absolute Gasteiger partial charge is 0.254 e. The van der Waals surface area contributed by atoms with E-state index in [-0.39, 0.29) is 5.91 Å². The van der Waals surface area contributed by atoms with Crippen LogP contribution in [0.1, 0.15) is 27.7 Å². The second-order valence-electron chi connectivity index (χ2n) is 7.73. The number of aromatic nitrogens is 4. The molecule has 4 rings (SSSR count). The largest absolute Gasteiger partial charge is 0.380 e. The van der Waals surface area contributed by atoms with Gasteiger partial charge in [0.1, 0.15) is 12.4 Å². The van der Waals surface area contributed by atoms with Gasteiger partial charge >= 0.3 is 0 Å². The molecule has 1 saturated heterocycles. The van der Waals surface area contributed by atoms with Gasteiger partial charge in [-0.1, -0.05) is 12.1 Å². The Balaban J connectivity index is 1.61. The molecule has 1 aromatic carbocycles. The Morgan fingerprint density at radius 1 is 1.19 bits per heavy atom. The van der Waals surface area contributed by atoms with E-state index >= 15 is 0 Å². The number of carbonyl (C=O) groups excluding carboxylic acids is 1. The number of ether oxygens (including phenoxy) is 2. The summed E-state index contributed by atoms with van der Waals surface area (Å²) in [6, 6.07) is 7.50. The minimum absolute atomic E-state index is 0.0336. The van der Waals surface area contributed by atoms with Gasteiger partial charge in [0.2, 0.25) is 5.95 Å². The van der Waals surface area contributed by atoms with Crippen molar-refractivity contribution in [1.29, 1.82) is 0 Å². The molecule has 9 nitrogen and oxygen atoms in total. The zero-order chi connectivity index (χ0) is 22.5. The lowest BCUT2D eigenvalue weighted by atomic mass is 10.0. The normalized spacial score (nSPS) is 16.1. The summed E-state index contributed by atoms with van der Waals surface area (Å²) < 4.78 is 11.2. The summed E-state index contributed by atoms with van der Waals surface area (Å²) in [6.07, 6.45) is 6.29. The summed E-state index contributed by atoms with van der Waals surface area (Å²) in [7, 11) is 5.42.